The summed E-state index contributed by atoms with van der Waals surface area (Å²) >= 11 is 0. The number of nitrogens with one attached hydrogen (secondary N) is 2. The molecule has 0 fully saturated rings. The van der Waals surface area contributed by atoms with Crippen molar-refractivity contribution in [2.24, 2.45) is 7.05 Å². The lowest BCUT2D eigenvalue weighted by Crippen LogP contribution is -2.44. The highest BCUT2D eigenvalue weighted by Gasteiger charge is 2.13. The van der Waals surface area contributed by atoms with Gasteiger partial charge in [-0.3, -0.25) is 4.79 Å². The van der Waals surface area contributed by atoms with Crippen molar-refractivity contribution in [3.63, 3.8) is 0 Å². The summed E-state index contributed by atoms with van der Waals surface area (Å²) in [5.41, 5.74) is 0. The van der Waals surface area contributed by atoms with Gasteiger partial charge >= 0.3 is 12.0 Å². The summed E-state index contributed by atoms with van der Waals surface area (Å²) in [5, 5.41) is 20.7. The van der Waals surface area contributed by atoms with Gasteiger partial charge in [0.1, 0.15) is 12.4 Å². The number of carbonyl (C=O) groups excluding carboxylic acids is 1. The third kappa shape index (κ3) is 3.23. The van der Waals surface area contributed by atoms with E-state index in [9.17, 15) is 9.59 Å². The number of carboxylic acid groups (broad SMARTS) is 1. The molecule has 0 aliphatic heterocycles. The maximum absolute atomic E-state index is 11.2. The first-order valence-electron chi connectivity index (χ1n) is 4.60. The van der Waals surface area contributed by atoms with Crippen molar-refractivity contribution in [1.82, 2.24) is 25.4 Å². The van der Waals surface area contributed by atoms with Gasteiger partial charge in [0.15, 0.2) is 5.82 Å². The van der Waals surface area contributed by atoms with Crippen LogP contribution in [0.25, 0.3) is 0 Å². The molecule has 0 radical (unpaired) electrons. The molecule has 0 spiro atoms. The van der Waals surface area contributed by atoms with Crippen molar-refractivity contribution < 1.29 is 14.7 Å². The van der Waals surface area contributed by atoms with Gasteiger partial charge in [-0.2, -0.15) is 0 Å². The average Bonchev–Trinajstić information content (AvgIpc) is 2.61. The van der Waals surface area contributed by atoms with E-state index >= 15 is 0 Å². The van der Waals surface area contributed by atoms with Gasteiger partial charge in [-0.05, 0) is 6.92 Å². The summed E-state index contributed by atoms with van der Waals surface area (Å²) in [4.78, 5) is 21.7. The van der Waals surface area contributed by atoms with Crippen molar-refractivity contribution >= 4 is 12.0 Å². The second-order valence-electron chi connectivity index (χ2n) is 3.25. The van der Waals surface area contributed by atoms with Gasteiger partial charge in [0, 0.05) is 7.05 Å². The Balaban J connectivity index is 2.36. The SMILES string of the molecule is C[C@@H](NC(=O)NCc1nncn1C)C(=O)O. The summed E-state index contributed by atoms with van der Waals surface area (Å²) in [6, 6.07) is -1.49. The lowest BCUT2D eigenvalue weighted by molar-refractivity contribution is -0.138. The van der Waals surface area contributed by atoms with Crippen molar-refractivity contribution in [3.8, 4) is 0 Å². The Labute approximate surface area is 91.7 Å². The predicted octanol–water partition coefficient (Wildman–Crippen LogP) is -0.913. The molecular formula is C8H13N5O3. The van der Waals surface area contributed by atoms with E-state index in [1.807, 2.05) is 0 Å². The summed E-state index contributed by atoms with van der Waals surface area (Å²) in [5.74, 6) is -0.507. The smallest absolute Gasteiger partial charge is 0.325 e. The number of aliphatic carboxylic acids is 1. The second-order valence-corrected chi connectivity index (χ2v) is 3.25. The Morgan fingerprint density at radius 3 is 2.81 bits per heavy atom. The minimum absolute atomic E-state index is 0.189. The lowest BCUT2D eigenvalue weighted by Gasteiger charge is -2.10. The Bertz CT molecular complexity index is 389. The molecule has 16 heavy (non-hydrogen) atoms. The first-order valence-corrected chi connectivity index (χ1v) is 4.60. The number of carboxylic acids is 1. The van der Waals surface area contributed by atoms with Crippen molar-refractivity contribution in [2.75, 3.05) is 0 Å². The van der Waals surface area contributed by atoms with Gasteiger partial charge in [-0.15, -0.1) is 10.2 Å². The van der Waals surface area contributed by atoms with Crippen LogP contribution in [-0.4, -0.2) is 37.9 Å². The Morgan fingerprint density at radius 2 is 2.31 bits per heavy atom. The van der Waals surface area contributed by atoms with Gasteiger partial charge in [0.2, 0.25) is 0 Å². The number of rotatable bonds is 4. The fraction of sp³-hybridized carbons (Fsp3) is 0.500. The van der Waals surface area contributed by atoms with Crippen LogP contribution in [0.15, 0.2) is 6.33 Å². The van der Waals surface area contributed by atoms with E-state index in [2.05, 4.69) is 20.8 Å². The van der Waals surface area contributed by atoms with E-state index in [4.69, 9.17) is 5.11 Å². The standard InChI is InChI=1S/C8H13N5O3/c1-5(7(14)15)11-8(16)9-3-6-12-10-4-13(6)2/h4-5H,3H2,1-2H3,(H,14,15)(H2,9,11,16)/t5-/m1/s1. The van der Waals surface area contributed by atoms with Crippen LogP contribution in [0, 0.1) is 0 Å². The predicted molar refractivity (Wildman–Crippen MR) is 53.5 cm³/mol. The van der Waals surface area contributed by atoms with Gasteiger partial charge in [-0.25, -0.2) is 4.79 Å². The number of aromatic nitrogens is 3. The molecule has 0 aromatic carbocycles. The molecule has 1 atom stereocenters. The summed E-state index contributed by atoms with van der Waals surface area (Å²) in [7, 11) is 1.74. The average molecular weight is 227 g/mol. The largest absolute Gasteiger partial charge is 0.480 e. The normalized spacial score (nSPS) is 11.9. The molecule has 0 aliphatic carbocycles. The van der Waals surface area contributed by atoms with Crippen molar-refractivity contribution in [3.05, 3.63) is 12.2 Å². The second kappa shape index (κ2) is 5.10. The minimum atomic E-state index is -1.09. The topological polar surface area (TPSA) is 109 Å². The van der Waals surface area contributed by atoms with E-state index in [1.165, 1.54) is 13.3 Å². The molecule has 1 aromatic rings. The van der Waals surface area contributed by atoms with Gasteiger partial charge in [0.05, 0.1) is 6.54 Å². The molecule has 0 unspecified atom stereocenters. The maximum Gasteiger partial charge on any atom is 0.325 e. The monoisotopic (exact) mass is 227 g/mol. The summed E-state index contributed by atoms with van der Waals surface area (Å²) in [6.07, 6.45) is 1.51. The van der Waals surface area contributed by atoms with E-state index < -0.39 is 18.0 Å². The number of aryl methyl sites for hydroxylation is 1. The number of urea groups is 1. The van der Waals surface area contributed by atoms with Crippen molar-refractivity contribution in [1.29, 1.82) is 0 Å². The number of amides is 2. The molecule has 1 aromatic heterocycles. The highest BCUT2D eigenvalue weighted by atomic mass is 16.4. The number of nitrogens with zero attached hydrogens (tertiary/aromatic N) is 3. The third-order valence-corrected chi connectivity index (χ3v) is 1.93. The van der Waals surface area contributed by atoms with Crippen LogP contribution in [0.2, 0.25) is 0 Å². The quantitative estimate of drug-likeness (QED) is 0.616. The van der Waals surface area contributed by atoms with E-state index in [-0.39, 0.29) is 6.54 Å². The van der Waals surface area contributed by atoms with Gasteiger partial charge < -0.3 is 20.3 Å². The van der Waals surface area contributed by atoms with Crippen LogP contribution in [-0.2, 0) is 18.4 Å². The van der Waals surface area contributed by atoms with E-state index in [1.54, 1.807) is 11.6 Å². The number of hydrogen-bond acceptors (Lipinski definition) is 4. The molecule has 0 saturated carbocycles. The van der Waals surface area contributed by atoms with Crippen LogP contribution < -0.4 is 10.6 Å². The molecule has 0 saturated heterocycles. The Hall–Kier alpha value is -2.12. The fourth-order valence-corrected chi connectivity index (χ4v) is 0.936. The zero-order valence-corrected chi connectivity index (χ0v) is 8.97. The molecule has 3 N–H and O–H groups in total. The fourth-order valence-electron chi connectivity index (χ4n) is 0.936. The van der Waals surface area contributed by atoms with Crippen molar-refractivity contribution in [2.45, 2.75) is 19.5 Å². The molecule has 1 rings (SSSR count). The van der Waals surface area contributed by atoms with Crippen LogP contribution in [0.5, 0.6) is 0 Å². The van der Waals surface area contributed by atoms with Crippen LogP contribution >= 0.6 is 0 Å². The Kier molecular flexibility index (Phi) is 3.81. The first-order chi connectivity index (χ1) is 7.50. The summed E-state index contributed by atoms with van der Waals surface area (Å²) < 4.78 is 1.65. The summed E-state index contributed by atoms with van der Waals surface area (Å²) in [6.45, 7) is 1.57. The third-order valence-electron chi connectivity index (χ3n) is 1.93. The number of carbonyl (C=O) groups is 2. The maximum atomic E-state index is 11.2. The van der Waals surface area contributed by atoms with E-state index in [0.29, 0.717) is 5.82 Å². The van der Waals surface area contributed by atoms with E-state index in [0.717, 1.165) is 0 Å². The molecule has 8 nitrogen and oxygen atoms in total. The van der Waals surface area contributed by atoms with Crippen LogP contribution in [0.1, 0.15) is 12.7 Å². The lowest BCUT2D eigenvalue weighted by atomic mass is 10.3. The van der Waals surface area contributed by atoms with Crippen LogP contribution in [0.4, 0.5) is 4.79 Å². The Morgan fingerprint density at radius 1 is 1.62 bits per heavy atom. The molecule has 0 bridgehead atoms. The molecule has 88 valence electrons. The van der Waals surface area contributed by atoms with Gasteiger partial charge in [0.25, 0.3) is 0 Å². The molecular weight excluding hydrogens is 214 g/mol. The number of hydrogen-bond donors (Lipinski definition) is 3. The van der Waals surface area contributed by atoms with Gasteiger partial charge in [-0.1, -0.05) is 0 Å². The zero-order chi connectivity index (χ0) is 12.1. The highest BCUT2D eigenvalue weighted by molar-refractivity contribution is 5.81. The minimum Gasteiger partial charge on any atom is -0.480 e. The molecule has 0 aliphatic rings. The first kappa shape index (κ1) is 12.0. The highest BCUT2D eigenvalue weighted by Crippen LogP contribution is 1.90. The molecule has 8 heteroatoms. The zero-order valence-electron chi connectivity index (χ0n) is 8.97. The van der Waals surface area contributed by atoms with Crippen LogP contribution in [0.3, 0.4) is 0 Å². The molecule has 1 heterocycles. The molecule has 2 amide bonds.